The highest BCUT2D eigenvalue weighted by atomic mass is 32.2. The molecule has 2 aromatic heterocycles. The average Bonchev–Trinajstić information content (AvgIpc) is 3.31. The van der Waals surface area contributed by atoms with Crippen molar-refractivity contribution in [1.29, 1.82) is 0 Å². The van der Waals surface area contributed by atoms with Crippen LogP contribution in [-0.4, -0.2) is 51.6 Å². The second-order valence-electron chi connectivity index (χ2n) is 5.28. The molecular weight excluding hydrogens is 390 g/mol. The van der Waals surface area contributed by atoms with Gasteiger partial charge in [-0.25, -0.2) is 4.79 Å². The summed E-state index contributed by atoms with van der Waals surface area (Å²) in [4.78, 5) is 35.7. The molecule has 2 aromatic rings. The smallest absolute Gasteiger partial charge is 0.321 e. The highest BCUT2D eigenvalue weighted by molar-refractivity contribution is 7.99. The van der Waals surface area contributed by atoms with Crippen molar-refractivity contribution in [3.8, 4) is 10.7 Å². The predicted octanol–water partition coefficient (Wildman–Crippen LogP) is 1.90. The molecule has 9 nitrogen and oxygen atoms in total. The van der Waals surface area contributed by atoms with Crippen molar-refractivity contribution in [2.75, 3.05) is 18.9 Å². The van der Waals surface area contributed by atoms with Crippen LogP contribution in [-0.2, 0) is 20.9 Å². The second kappa shape index (κ2) is 10.7. The molecule has 146 valence electrons. The minimum Gasteiger partial charge on any atom is -0.455 e. The summed E-state index contributed by atoms with van der Waals surface area (Å²) in [7, 11) is 0. The van der Waals surface area contributed by atoms with Crippen molar-refractivity contribution in [1.82, 2.24) is 25.4 Å². The number of thioether (sulfide) groups is 1. The molecule has 0 aromatic carbocycles. The maximum absolute atomic E-state index is 11.8. The summed E-state index contributed by atoms with van der Waals surface area (Å²) in [6, 6.07) is 3.29. The lowest BCUT2D eigenvalue weighted by atomic mass is 10.4. The maximum atomic E-state index is 11.8. The van der Waals surface area contributed by atoms with Gasteiger partial charge in [0, 0.05) is 13.1 Å². The molecule has 27 heavy (non-hydrogen) atoms. The summed E-state index contributed by atoms with van der Waals surface area (Å²) in [6.07, 6.45) is 0.754. The molecule has 2 rings (SSSR count). The molecule has 3 amide bonds. The Balaban J connectivity index is 1.79. The van der Waals surface area contributed by atoms with Crippen LogP contribution in [0, 0.1) is 0 Å². The summed E-state index contributed by atoms with van der Waals surface area (Å²) in [5.41, 5.74) is 0. The Morgan fingerprint density at radius 1 is 1.30 bits per heavy atom. The lowest BCUT2D eigenvalue weighted by Gasteiger charge is -2.07. The maximum Gasteiger partial charge on any atom is 0.321 e. The number of esters is 1. The Labute approximate surface area is 164 Å². The van der Waals surface area contributed by atoms with Crippen LogP contribution >= 0.6 is 23.1 Å². The Kier molecular flexibility index (Phi) is 8.27. The first-order valence-electron chi connectivity index (χ1n) is 8.38. The molecule has 2 heterocycles. The van der Waals surface area contributed by atoms with Gasteiger partial charge in [0.15, 0.2) is 17.6 Å². The lowest BCUT2D eigenvalue weighted by molar-refractivity contribution is -0.145. The van der Waals surface area contributed by atoms with E-state index >= 15 is 0 Å². The van der Waals surface area contributed by atoms with Crippen molar-refractivity contribution in [2.24, 2.45) is 0 Å². The summed E-state index contributed by atoms with van der Waals surface area (Å²) in [6.45, 7) is 4.47. The second-order valence-corrected chi connectivity index (χ2v) is 7.17. The van der Waals surface area contributed by atoms with Gasteiger partial charge in [0.1, 0.15) is 0 Å². The molecule has 0 aliphatic carbocycles. The number of rotatable bonds is 9. The van der Waals surface area contributed by atoms with Crippen molar-refractivity contribution in [2.45, 2.75) is 32.0 Å². The predicted molar refractivity (Wildman–Crippen MR) is 103 cm³/mol. The van der Waals surface area contributed by atoms with E-state index in [9.17, 15) is 14.4 Å². The molecule has 0 aliphatic heterocycles. The SMILES string of the molecule is CCCNC(=O)NC(=O)COC(=O)CSc1nnc(-c2cccs2)n1CC. The molecule has 0 fully saturated rings. The number of nitrogens with one attached hydrogen (secondary N) is 2. The molecule has 2 N–H and O–H groups in total. The monoisotopic (exact) mass is 411 g/mol. The van der Waals surface area contributed by atoms with E-state index in [1.54, 1.807) is 11.3 Å². The van der Waals surface area contributed by atoms with Crippen LogP contribution < -0.4 is 10.6 Å². The number of carbonyl (C=O) groups is 3. The number of hydrogen-bond acceptors (Lipinski definition) is 8. The summed E-state index contributed by atoms with van der Waals surface area (Å²) in [5.74, 6) is -0.523. The van der Waals surface area contributed by atoms with Crippen LogP contribution in [0.3, 0.4) is 0 Å². The zero-order chi connectivity index (χ0) is 19.6. The average molecular weight is 412 g/mol. The van der Waals surface area contributed by atoms with Gasteiger partial charge in [-0.2, -0.15) is 0 Å². The first-order valence-corrected chi connectivity index (χ1v) is 10.2. The topological polar surface area (TPSA) is 115 Å². The molecule has 11 heteroatoms. The Morgan fingerprint density at radius 2 is 2.11 bits per heavy atom. The fourth-order valence-electron chi connectivity index (χ4n) is 2.03. The molecule has 0 bridgehead atoms. The van der Waals surface area contributed by atoms with E-state index in [1.807, 2.05) is 35.9 Å². The molecule has 0 spiro atoms. The number of ether oxygens (including phenoxy) is 1. The minimum absolute atomic E-state index is 0.0160. The van der Waals surface area contributed by atoms with Crippen LogP contribution in [0.5, 0.6) is 0 Å². The van der Waals surface area contributed by atoms with Gasteiger partial charge in [-0.3, -0.25) is 14.9 Å². The van der Waals surface area contributed by atoms with Gasteiger partial charge in [-0.15, -0.1) is 21.5 Å². The zero-order valence-corrected chi connectivity index (χ0v) is 16.7. The normalized spacial score (nSPS) is 10.4. The molecular formula is C16H21N5O4S2. The van der Waals surface area contributed by atoms with E-state index in [0.717, 1.165) is 17.1 Å². The van der Waals surface area contributed by atoms with Gasteiger partial charge in [0.05, 0.1) is 10.6 Å². The summed E-state index contributed by atoms with van der Waals surface area (Å²) >= 11 is 2.75. The van der Waals surface area contributed by atoms with Crippen LogP contribution in [0.1, 0.15) is 20.3 Å². The third-order valence-electron chi connectivity index (χ3n) is 3.25. The van der Waals surface area contributed by atoms with Crippen LogP contribution in [0.2, 0.25) is 0 Å². The van der Waals surface area contributed by atoms with E-state index in [4.69, 9.17) is 4.74 Å². The highest BCUT2D eigenvalue weighted by Crippen LogP contribution is 2.27. The number of hydrogen-bond donors (Lipinski definition) is 2. The summed E-state index contributed by atoms with van der Waals surface area (Å²) in [5, 5.41) is 15.4. The van der Waals surface area contributed by atoms with Gasteiger partial charge < -0.3 is 14.6 Å². The Hall–Kier alpha value is -2.40. The van der Waals surface area contributed by atoms with Crippen LogP contribution in [0.4, 0.5) is 4.79 Å². The molecule has 0 radical (unpaired) electrons. The van der Waals surface area contributed by atoms with E-state index in [0.29, 0.717) is 18.2 Å². The molecule has 0 atom stereocenters. The third-order valence-corrected chi connectivity index (χ3v) is 5.05. The van der Waals surface area contributed by atoms with Crippen molar-refractivity contribution in [3.05, 3.63) is 17.5 Å². The van der Waals surface area contributed by atoms with Crippen molar-refractivity contribution < 1.29 is 19.1 Å². The van der Waals surface area contributed by atoms with Gasteiger partial charge >= 0.3 is 12.0 Å². The van der Waals surface area contributed by atoms with Gasteiger partial charge in [0.2, 0.25) is 0 Å². The van der Waals surface area contributed by atoms with Gasteiger partial charge in [-0.1, -0.05) is 24.8 Å². The Bertz CT molecular complexity index is 776. The van der Waals surface area contributed by atoms with Crippen LogP contribution in [0.25, 0.3) is 10.7 Å². The zero-order valence-electron chi connectivity index (χ0n) is 15.1. The van der Waals surface area contributed by atoms with Gasteiger partial charge in [-0.05, 0) is 24.8 Å². The number of amides is 3. The minimum atomic E-state index is -0.682. The molecule has 0 aliphatic rings. The molecule has 0 unspecified atom stereocenters. The largest absolute Gasteiger partial charge is 0.455 e. The lowest BCUT2D eigenvalue weighted by Crippen LogP contribution is -2.41. The fourth-order valence-corrected chi connectivity index (χ4v) is 3.54. The Morgan fingerprint density at radius 3 is 2.78 bits per heavy atom. The first-order chi connectivity index (χ1) is 13.0. The number of imide groups is 1. The number of aromatic nitrogens is 3. The number of urea groups is 1. The number of thiophene rings is 1. The van der Waals surface area contributed by atoms with Gasteiger partial charge in [0.25, 0.3) is 5.91 Å². The quantitative estimate of drug-likeness (QED) is 0.478. The number of carbonyl (C=O) groups excluding carboxylic acids is 3. The van der Waals surface area contributed by atoms with Crippen molar-refractivity contribution >= 4 is 41.0 Å². The van der Waals surface area contributed by atoms with E-state index in [1.165, 1.54) is 11.8 Å². The van der Waals surface area contributed by atoms with E-state index in [2.05, 4.69) is 20.8 Å². The summed E-state index contributed by atoms with van der Waals surface area (Å²) < 4.78 is 6.79. The third kappa shape index (κ3) is 6.36. The standard InChI is InChI=1S/C16H21N5O4S2/c1-3-7-17-15(24)18-12(22)9-25-13(23)10-27-16-20-19-14(21(16)4-2)11-6-5-8-26-11/h5-6,8H,3-4,7,9-10H2,1-2H3,(H2,17,18,22,24). The molecule has 0 saturated heterocycles. The molecule has 0 saturated carbocycles. The van der Waals surface area contributed by atoms with Crippen molar-refractivity contribution in [3.63, 3.8) is 0 Å². The first kappa shape index (κ1) is 20.9. The highest BCUT2D eigenvalue weighted by Gasteiger charge is 2.16. The van der Waals surface area contributed by atoms with E-state index < -0.39 is 24.5 Å². The van der Waals surface area contributed by atoms with E-state index in [-0.39, 0.29) is 5.75 Å². The fraction of sp³-hybridized carbons (Fsp3) is 0.438. The number of nitrogens with zero attached hydrogens (tertiary/aromatic N) is 3. The van der Waals surface area contributed by atoms with Crippen LogP contribution in [0.15, 0.2) is 22.7 Å².